The van der Waals surface area contributed by atoms with Crippen LogP contribution in [0.2, 0.25) is 5.28 Å². The summed E-state index contributed by atoms with van der Waals surface area (Å²) in [4.78, 5) is 12.0. The summed E-state index contributed by atoms with van der Waals surface area (Å²) in [5, 5.41) is 12.7. The maximum absolute atomic E-state index is 5.83. The number of nitrogens with zero attached hydrogens (tertiary/aromatic N) is 7. The highest BCUT2D eigenvalue weighted by Crippen LogP contribution is 2.37. The lowest BCUT2D eigenvalue weighted by atomic mass is 10.7. The summed E-state index contributed by atoms with van der Waals surface area (Å²) >= 11 is 7.07. The Balaban J connectivity index is 1.83. The highest BCUT2D eigenvalue weighted by atomic mass is 35.5. The summed E-state index contributed by atoms with van der Waals surface area (Å²) in [6.45, 7) is 2.31. The Morgan fingerprint density at radius 1 is 1.37 bits per heavy atom. The summed E-state index contributed by atoms with van der Waals surface area (Å²) in [5.41, 5.74) is 0. The highest BCUT2D eigenvalue weighted by molar-refractivity contribution is 7.99. The molecule has 0 amide bonds. The first kappa shape index (κ1) is 12.5. The first-order valence-electron chi connectivity index (χ1n) is 5.76. The van der Waals surface area contributed by atoms with E-state index in [1.54, 1.807) is 4.68 Å². The number of aromatic nitrogens is 7. The molecule has 1 saturated carbocycles. The zero-order chi connectivity index (χ0) is 13.2. The molecule has 0 unspecified atom stereocenters. The van der Waals surface area contributed by atoms with Gasteiger partial charge >= 0.3 is 6.01 Å². The summed E-state index contributed by atoms with van der Waals surface area (Å²) in [5.74, 6) is 0. The summed E-state index contributed by atoms with van der Waals surface area (Å²) < 4.78 is 7.00. The first-order valence-corrected chi connectivity index (χ1v) is 6.96. The largest absolute Gasteiger partial charge is 0.464 e. The lowest BCUT2D eigenvalue weighted by Gasteiger charge is -2.04. The van der Waals surface area contributed by atoms with Crippen molar-refractivity contribution in [1.29, 1.82) is 0 Å². The zero-order valence-corrected chi connectivity index (χ0v) is 11.6. The minimum absolute atomic E-state index is 0.0893. The van der Waals surface area contributed by atoms with Crippen LogP contribution in [0.3, 0.4) is 0 Å². The molecule has 10 heteroatoms. The maximum atomic E-state index is 5.83. The van der Waals surface area contributed by atoms with Gasteiger partial charge in [0.15, 0.2) is 0 Å². The molecule has 0 bridgehead atoms. The van der Waals surface area contributed by atoms with Crippen molar-refractivity contribution in [2.24, 2.45) is 0 Å². The second kappa shape index (κ2) is 5.25. The number of hydrogen-bond acceptors (Lipinski definition) is 8. The van der Waals surface area contributed by atoms with E-state index in [0.717, 1.165) is 12.8 Å². The van der Waals surface area contributed by atoms with Crippen molar-refractivity contribution in [3.05, 3.63) is 5.28 Å². The van der Waals surface area contributed by atoms with Crippen molar-refractivity contribution < 1.29 is 4.74 Å². The minimum Gasteiger partial charge on any atom is -0.464 e. The molecule has 1 aliphatic carbocycles. The molecular weight excluding hydrogens is 290 g/mol. The van der Waals surface area contributed by atoms with Gasteiger partial charge in [-0.25, -0.2) is 4.68 Å². The predicted octanol–water partition coefficient (Wildman–Crippen LogP) is 1.40. The second-order valence-electron chi connectivity index (χ2n) is 3.84. The molecular formula is C9H10ClN7OS. The Morgan fingerprint density at radius 2 is 2.21 bits per heavy atom. The SMILES string of the molecule is CCOc1nc(Cl)nc(Sc2nnnn2C2CC2)n1. The topological polar surface area (TPSA) is 91.5 Å². The third kappa shape index (κ3) is 2.92. The monoisotopic (exact) mass is 299 g/mol. The van der Waals surface area contributed by atoms with Gasteiger partial charge in [-0.05, 0) is 53.6 Å². The Labute approximate surface area is 117 Å². The molecule has 2 aromatic heterocycles. The van der Waals surface area contributed by atoms with Gasteiger partial charge in [0.05, 0.1) is 12.6 Å². The van der Waals surface area contributed by atoms with Crippen molar-refractivity contribution in [1.82, 2.24) is 35.2 Å². The van der Waals surface area contributed by atoms with Crippen molar-refractivity contribution in [2.45, 2.75) is 36.1 Å². The van der Waals surface area contributed by atoms with Crippen molar-refractivity contribution in [3.8, 4) is 6.01 Å². The molecule has 19 heavy (non-hydrogen) atoms. The van der Waals surface area contributed by atoms with E-state index in [2.05, 4.69) is 30.5 Å². The van der Waals surface area contributed by atoms with Crippen LogP contribution in [0.25, 0.3) is 0 Å². The molecule has 100 valence electrons. The van der Waals surface area contributed by atoms with Gasteiger partial charge in [-0.3, -0.25) is 0 Å². The van der Waals surface area contributed by atoms with Gasteiger partial charge in [0, 0.05) is 0 Å². The van der Waals surface area contributed by atoms with E-state index >= 15 is 0 Å². The van der Waals surface area contributed by atoms with Crippen molar-refractivity contribution in [3.63, 3.8) is 0 Å². The highest BCUT2D eigenvalue weighted by Gasteiger charge is 2.28. The van der Waals surface area contributed by atoms with Crippen LogP contribution in [0.4, 0.5) is 0 Å². The number of rotatable bonds is 5. The molecule has 0 aromatic carbocycles. The molecule has 0 atom stereocenters. The Hall–Kier alpha value is -1.48. The quantitative estimate of drug-likeness (QED) is 0.818. The normalized spacial score (nSPS) is 14.6. The van der Waals surface area contributed by atoms with E-state index in [4.69, 9.17) is 16.3 Å². The van der Waals surface area contributed by atoms with Crippen molar-refractivity contribution in [2.75, 3.05) is 6.61 Å². The van der Waals surface area contributed by atoms with Crippen LogP contribution >= 0.6 is 23.4 Å². The molecule has 2 aromatic rings. The first-order chi connectivity index (χ1) is 9.26. The van der Waals surface area contributed by atoms with Gasteiger partial charge in [0.2, 0.25) is 15.6 Å². The van der Waals surface area contributed by atoms with Gasteiger partial charge in [-0.2, -0.15) is 15.0 Å². The van der Waals surface area contributed by atoms with Crippen LogP contribution < -0.4 is 4.74 Å². The molecule has 3 rings (SSSR count). The third-order valence-corrected chi connectivity index (χ3v) is 3.36. The van der Waals surface area contributed by atoms with Gasteiger partial charge in [0.25, 0.3) is 0 Å². The zero-order valence-electron chi connectivity index (χ0n) is 10.0. The van der Waals surface area contributed by atoms with E-state index in [0.29, 0.717) is 23.0 Å². The van der Waals surface area contributed by atoms with Gasteiger partial charge in [0.1, 0.15) is 0 Å². The van der Waals surface area contributed by atoms with Gasteiger partial charge in [-0.1, -0.05) is 0 Å². The van der Waals surface area contributed by atoms with E-state index in [9.17, 15) is 0 Å². The predicted molar refractivity (Wildman–Crippen MR) is 66.2 cm³/mol. The fourth-order valence-corrected chi connectivity index (χ4v) is 2.41. The maximum Gasteiger partial charge on any atom is 0.321 e. The van der Waals surface area contributed by atoms with Gasteiger partial charge in [-0.15, -0.1) is 5.10 Å². The smallest absolute Gasteiger partial charge is 0.321 e. The van der Waals surface area contributed by atoms with E-state index in [1.807, 2.05) is 6.92 Å². The molecule has 0 N–H and O–H groups in total. The third-order valence-electron chi connectivity index (χ3n) is 2.38. The number of hydrogen-bond donors (Lipinski definition) is 0. The molecule has 0 radical (unpaired) electrons. The van der Waals surface area contributed by atoms with E-state index in [1.165, 1.54) is 11.8 Å². The summed E-state index contributed by atoms with van der Waals surface area (Å²) in [7, 11) is 0. The Bertz CT molecular complexity index is 588. The van der Waals surface area contributed by atoms with E-state index in [-0.39, 0.29) is 11.3 Å². The fourth-order valence-electron chi connectivity index (χ4n) is 1.44. The lowest BCUT2D eigenvalue weighted by molar-refractivity contribution is 0.307. The van der Waals surface area contributed by atoms with Crippen LogP contribution in [-0.4, -0.2) is 41.8 Å². The Kier molecular flexibility index (Phi) is 3.47. The van der Waals surface area contributed by atoms with Crippen LogP contribution in [0.15, 0.2) is 10.3 Å². The summed E-state index contributed by atoms with van der Waals surface area (Å²) in [6, 6.07) is 0.594. The fraction of sp³-hybridized carbons (Fsp3) is 0.556. The Morgan fingerprint density at radius 3 is 2.95 bits per heavy atom. The van der Waals surface area contributed by atoms with Crippen LogP contribution in [0.5, 0.6) is 6.01 Å². The number of ether oxygens (including phenoxy) is 1. The van der Waals surface area contributed by atoms with Crippen LogP contribution in [-0.2, 0) is 0 Å². The molecule has 1 aliphatic rings. The van der Waals surface area contributed by atoms with Crippen LogP contribution in [0, 0.1) is 0 Å². The molecule has 0 spiro atoms. The van der Waals surface area contributed by atoms with Crippen LogP contribution in [0.1, 0.15) is 25.8 Å². The van der Waals surface area contributed by atoms with Crippen molar-refractivity contribution >= 4 is 23.4 Å². The number of halogens is 1. The minimum atomic E-state index is 0.0893. The summed E-state index contributed by atoms with van der Waals surface area (Å²) in [6.07, 6.45) is 2.20. The molecule has 2 heterocycles. The molecule has 8 nitrogen and oxygen atoms in total. The molecule has 0 aliphatic heterocycles. The van der Waals surface area contributed by atoms with E-state index < -0.39 is 0 Å². The lowest BCUT2D eigenvalue weighted by Crippen LogP contribution is -2.02. The molecule has 1 fully saturated rings. The average Bonchev–Trinajstić information content (AvgIpc) is 3.10. The number of tetrazole rings is 1. The average molecular weight is 300 g/mol. The second-order valence-corrected chi connectivity index (χ2v) is 5.11. The molecule has 0 saturated heterocycles. The van der Waals surface area contributed by atoms with Gasteiger partial charge < -0.3 is 4.74 Å². The standard InChI is InChI=1S/C9H10ClN7OS/c1-2-18-7-11-6(10)12-8(13-7)19-9-14-15-16-17(9)5-3-4-5/h5H,2-4H2,1H3.